The van der Waals surface area contributed by atoms with Crippen LogP contribution < -0.4 is 30.4 Å². The lowest BCUT2D eigenvalue weighted by Gasteiger charge is -2.23. The van der Waals surface area contributed by atoms with Crippen LogP contribution in [0, 0.1) is 21.7 Å². The van der Waals surface area contributed by atoms with E-state index in [4.69, 9.17) is 30.4 Å². The second kappa shape index (κ2) is 13.7. The molecule has 0 bridgehead atoms. The zero-order valence-electron chi connectivity index (χ0n) is 28.9. The minimum atomic E-state index is -1.30. The molecule has 0 radical (unpaired) electrons. The number of carbonyl (C=O) groups excluding carboxylic acids is 5. The van der Waals surface area contributed by atoms with Gasteiger partial charge in [0.25, 0.3) is 0 Å². The van der Waals surface area contributed by atoms with Crippen LogP contribution in [0.4, 0.5) is 0 Å². The number of carbonyl (C=O) groups is 5. The van der Waals surface area contributed by atoms with Gasteiger partial charge in [-0.25, -0.2) is 0 Å². The molecule has 11 heteroatoms. The average Bonchev–Trinajstić information content (AvgIpc) is 2.91. The van der Waals surface area contributed by atoms with Crippen LogP contribution in [0.5, 0.6) is 23.0 Å². The molecule has 2 rings (SSSR count). The molecule has 0 aromatic heterocycles. The number of rotatable bonds is 8. The first-order valence-corrected chi connectivity index (χ1v) is 15.0. The third kappa shape index (κ3) is 9.95. The molecule has 0 fully saturated rings. The Bertz CT molecular complexity index is 1390. The normalized spacial score (nSPS) is 13.7. The second-order valence-corrected chi connectivity index (χ2v) is 15.3. The van der Waals surface area contributed by atoms with Crippen LogP contribution >= 0.6 is 0 Å². The van der Waals surface area contributed by atoms with Gasteiger partial charge in [0.05, 0.1) is 33.7 Å². The monoisotopic (exact) mass is 640 g/mol. The number of nitrogens with two attached hydrogens (primary N) is 2. The summed E-state index contributed by atoms with van der Waals surface area (Å²) in [6.45, 7) is 20.0. The first kappa shape index (κ1) is 38.1. The van der Waals surface area contributed by atoms with E-state index in [0.717, 1.165) is 0 Å². The standard InChI is InChI=1S/C35H48N2O9/c1-32(2,3)28(39)43-21-15-13-19(17-23(21)45-30(41)34(7,8)9)25(36)27(38)26(37)20-14-16-22(44-29(40)33(4,5)6)24(18-20)46-31(42)35(10,11)12/h13-18,25-26H,36-37H2,1-12H3. The van der Waals surface area contributed by atoms with E-state index in [2.05, 4.69) is 0 Å². The minimum Gasteiger partial charge on any atom is -0.422 e. The number of ketones is 1. The van der Waals surface area contributed by atoms with E-state index in [-0.39, 0.29) is 34.1 Å². The van der Waals surface area contributed by atoms with Crippen LogP contribution in [0.15, 0.2) is 36.4 Å². The zero-order chi connectivity index (χ0) is 35.6. The van der Waals surface area contributed by atoms with Crippen LogP contribution in [-0.4, -0.2) is 29.7 Å². The van der Waals surface area contributed by atoms with Gasteiger partial charge >= 0.3 is 23.9 Å². The number of esters is 4. The highest BCUT2D eigenvalue weighted by Gasteiger charge is 2.32. The highest BCUT2D eigenvalue weighted by Crippen LogP contribution is 2.37. The molecule has 11 nitrogen and oxygen atoms in total. The molecule has 0 spiro atoms. The average molecular weight is 641 g/mol. The minimum absolute atomic E-state index is 0.0177. The van der Waals surface area contributed by atoms with Gasteiger partial charge in [0, 0.05) is 0 Å². The lowest BCUT2D eigenvalue weighted by molar-refractivity contribution is -0.145. The van der Waals surface area contributed by atoms with Gasteiger partial charge < -0.3 is 30.4 Å². The van der Waals surface area contributed by atoms with Gasteiger partial charge in [0.1, 0.15) is 0 Å². The Labute approximate surface area is 271 Å². The summed E-state index contributed by atoms with van der Waals surface area (Å²) in [5, 5.41) is 0. The Hall–Kier alpha value is -4.09. The van der Waals surface area contributed by atoms with E-state index >= 15 is 0 Å². The maximum Gasteiger partial charge on any atom is 0.316 e. The molecular weight excluding hydrogens is 592 g/mol. The van der Waals surface area contributed by atoms with Crippen LogP contribution in [0.2, 0.25) is 0 Å². The SMILES string of the molecule is CC(C)(C)C(=O)Oc1ccc(C(N)C(=O)C(N)c2ccc(OC(=O)C(C)(C)C)c(OC(=O)C(C)(C)C)c2)cc1OC(=O)C(C)(C)C. The van der Waals surface area contributed by atoms with Crippen molar-refractivity contribution in [1.29, 1.82) is 0 Å². The summed E-state index contributed by atoms with van der Waals surface area (Å²) in [6.07, 6.45) is 0. The highest BCUT2D eigenvalue weighted by atomic mass is 16.6. The fourth-order valence-electron chi connectivity index (χ4n) is 3.30. The molecule has 0 aliphatic rings. The van der Waals surface area contributed by atoms with Crippen molar-refractivity contribution in [2.24, 2.45) is 33.1 Å². The Balaban J connectivity index is 2.50. The van der Waals surface area contributed by atoms with Gasteiger partial charge in [0.2, 0.25) is 0 Å². The summed E-state index contributed by atoms with van der Waals surface area (Å²) in [7, 11) is 0. The Morgan fingerprint density at radius 3 is 0.935 bits per heavy atom. The summed E-state index contributed by atoms with van der Waals surface area (Å²) >= 11 is 0. The topological polar surface area (TPSA) is 174 Å². The summed E-state index contributed by atoms with van der Waals surface area (Å²) in [6, 6.07) is 5.85. The number of ether oxygens (including phenoxy) is 4. The molecule has 0 saturated carbocycles. The van der Waals surface area contributed by atoms with Gasteiger partial charge in [-0.1, -0.05) is 12.1 Å². The predicted octanol–water partition coefficient (Wildman–Crippen LogP) is 5.76. The third-order valence-electron chi connectivity index (χ3n) is 6.53. The van der Waals surface area contributed by atoms with Gasteiger partial charge in [-0.05, 0) is 118 Å². The maximum absolute atomic E-state index is 13.6. The number of hydrogen-bond donors (Lipinski definition) is 2. The maximum atomic E-state index is 13.6. The molecule has 252 valence electrons. The van der Waals surface area contributed by atoms with Gasteiger partial charge in [-0.2, -0.15) is 0 Å². The lowest BCUT2D eigenvalue weighted by atomic mass is 9.93. The molecule has 2 atom stereocenters. The van der Waals surface area contributed by atoms with Gasteiger partial charge in [-0.3, -0.25) is 24.0 Å². The summed E-state index contributed by atoms with van der Waals surface area (Å²) in [5.41, 5.74) is 9.76. The molecule has 0 amide bonds. The van der Waals surface area contributed by atoms with Crippen LogP contribution in [0.25, 0.3) is 0 Å². The largest absolute Gasteiger partial charge is 0.422 e. The van der Waals surface area contributed by atoms with E-state index in [1.807, 2.05) is 0 Å². The van der Waals surface area contributed by atoms with Crippen molar-refractivity contribution in [1.82, 2.24) is 0 Å². The van der Waals surface area contributed by atoms with Crippen molar-refractivity contribution in [2.45, 2.75) is 95.2 Å². The molecule has 0 aliphatic carbocycles. The van der Waals surface area contributed by atoms with Crippen molar-refractivity contribution in [3.8, 4) is 23.0 Å². The smallest absolute Gasteiger partial charge is 0.316 e. The van der Waals surface area contributed by atoms with Gasteiger partial charge in [-0.15, -0.1) is 0 Å². The fraction of sp³-hybridized carbons (Fsp3) is 0.514. The van der Waals surface area contributed by atoms with E-state index in [1.54, 1.807) is 83.1 Å². The fourth-order valence-corrected chi connectivity index (χ4v) is 3.30. The lowest BCUT2D eigenvalue weighted by Crippen LogP contribution is -2.32. The molecule has 0 aliphatic heterocycles. The van der Waals surface area contributed by atoms with Crippen LogP contribution in [-0.2, 0) is 24.0 Å². The quantitative estimate of drug-likeness (QED) is 0.265. The van der Waals surface area contributed by atoms with Crippen molar-refractivity contribution < 1.29 is 42.9 Å². The molecule has 2 aromatic rings. The Kier molecular flexibility index (Phi) is 11.4. The summed E-state index contributed by atoms with van der Waals surface area (Å²) in [4.78, 5) is 64.3. The highest BCUT2D eigenvalue weighted by molar-refractivity contribution is 5.91. The number of hydrogen-bond acceptors (Lipinski definition) is 11. The molecule has 2 aromatic carbocycles. The van der Waals surface area contributed by atoms with Crippen molar-refractivity contribution in [3.05, 3.63) is 47.5 Å². The molecular formula is C35H48N2O9. The molecule has 0 saturated heterocycles. The summed E-state index contributed by atoms with van der Waals surface area (Å²) in [5.74, 6) is -3.16. The van der Waals surface area contributed by atoms with Gasteiger partial charge in [0.15, 0.2) is 28.8 Å². The zero-order valence-corrected chi connectivity index (χ0v) is 28.9. The van der Waals surface area contributed by atoms with Crippen molar-refractivity contribution in [3.63, 3.8) is 0 Å². The van der Waals surface area contributed by atoms with E-state index in [0.29, 0.717) is 0 Å². The molecule has 4 N–H and O–H groups in total. The Morgan fingerprint density at radius 1 is 0.457 bits per heavy atom. The third-order valence-corrected chi connectivity index (χ3v) is 6.53. The van der Waals surface area contributed by atoms with Crippen molar-refractivity contribution in [2.75, 3.05) is 0 Å². The summed E-state index contributed by atoms with van der Waals surface area (Å²) < 4.78 is 22.2. The molecule has 46 heavy (non-hydrogen) atoms. The predicted molar refractivity (Wildman–Crippen MR) is 172 cm³/mol. The first-order valence-electron chi connectivity index (χ1n) is 15.0. The van der Waals surface area contributed by atoms with Crippen molar-refractivity contribution >= 4 is 29.7 Å². The van der Waals surface area contributed by atoms with Crippen LogP contribution in [0.3, 0.4) is 0 Å². The van der Waals surface area contributed by atoms with Crippen LogP contribution in [0.1, 0.15) is 106 Å². The molecule has 2 unspecified atom stereocenters. The number of benzene rings is 2. The van der Waals surface area contributed by atoms with E-state index < -0.39 is 63.4 Å². The molecule has 0 heterocycles. The second-order valence-electron chi connectivity index (χ2n) is 15.3. The first-order chi connectivity index (χ1) is 20.7. The number of Topliss-reactive ketones (excluding diaryl/α,β-unsaturated/α-hetero) is 1. The van der Waals surface area contributed by atoms with E-state index in [9.17, 15) is 24.0 Å². The van der Waals surface area contributed by atoms with E-state index in [1.165, 1.54) is 36.4 Å². The Morgan fingerprint density at radius 2 is 0.696 bits per heavy atom.